The molecule has 0 radical (unpaired) electrons. The number of carbonyl (C=O) groups is 1. The molecule has 2 aromatic heterocycles. The van der Waals surface area contributed by atoms with Crippen LogP contribution in [0.1, 0.15) is 36.8 Å². The van der Waals surface area contributed by atoms with Crippen molar-refractivity contribution in [2.45, 2.75) is 45.8 Å². The van der Waals surface area contributed by atoms with E-state index in [0.717, 1.165) is 39.1 Å². The fourth-order valence-corrected chi connectivity index (χ4v) is 3.70. The third kappa shape index (κ3) is 4.24. The Balaban J connectivity index is 1.74. The van der Waals surface area contributed by atoms with E-state index in [9.17, 15) is 4.79 Å². The number of aryl methyl sites for hydroxylation is 3. The van der Waals surface area contributed by atoms with Gasteiger partial charge in [0.2, 0.25) is 5.91 Å². The molecule has 6 nitrogen and oxygen atoms in total. The van der Waals surface area contributed by atoms with Gasteiger partial charge in [-0.05, 0) is 57.9 Å². The molecule has 0 saturated carbocycles. The van der Waals surface area contributed by atoms with Crippen LogP contribution >= 0.6 is 11.8 Å². The number of aromatic nitrogens is 3. The molecule has 0 aliphatic heterocycles. The van der Waals surface area contributed by atoms with Gasteiger partial charge in [0.1, 0.15) is 5.76 Å². The van der Waals surface area contributed by atoms with E-state index >= 15 is 0 Å². The van der Waals surface area contributed by atoms with E-state index < -0.39 is 0 Å². The molecule has 0 bridgehead atoms. The quantitative estimate of drug-likeness (QED) is 0.620. The number of thioether (sulfide) groups is 1. The molecule has 142 valence electrons. The molecule has 3 aromatic rings. The first-order valence-electron chi connectivity index (χ1n) is 8.86. The molecule has 0 fully saturated rings. The Kier molecular flexibility index (Phi) is 5.70. The lowest BCUT2D eigenvalue weighted by molar-refractivity contribution is -0.113. The lowest BCUT2D eigenvalue weighted by atomic mass is 10.1. The van der Waals surface area contributed by atoms with Crippen LogP contribution in [-0.4, -0.2) is 26.4 Å². The Morgan fingerprint density at radius 2 is 2.00 bits per heavy atom. The number of furan rings is 1. The van der Waals surface area contributed by atoms with Crippen molar-refractivity contribution in [3.05, 3.63) is 47.4 Å². The summed E-state index contributed by atoms with van der Waals surface area (Å²) in [5.41, 5.74) is 3.92. The van der Waals surface area contributed by atoms with Crippen LogP contribution in [0.5, 0.6) is 0 Å². The number of anilines is 1. The number of benzene rings is 1. The molecule has 1 N–H and O–H groups in total. The largest absolute Gasteiger partial charge is 0.469 e. The predicted octanol–water partition coefficient (Wildman–Crippen LogP) is 4.78. The van der Waals surface area contributed by atoms with E-state index in [1.54, 1.807) is 6.26 Å². The van der Waals surface area contributed by atoms with Crippen molar-refractivity contribution >= 4 is 23.4 Å². The summed E-state index contributed by atoms with van der Waals surface area (Å²) in [6, 6.07) is 8.07. The van der Waals surface area contributed by atoms with Gasteiger partial charge in [0, 0.05) is 11.7 Å². The molecule has 0 saturated heterocycles. The molecule has 3 rings (SSSR count). The minimum Gasteiger partial charge on any atom is -0.469 e. The zero-order valence-corrected chi connectivity index (χ0v) is 17.1. The third-order valence-corrected chi connectivity index (χ3v) is 5.22. The number of hydrogen-bond acceptors (Lipinski definition) is 5. The average Bonchev–Trinajstić information content (AvgIpc) is 3.22. The van der Waals surface area contributed by atoms with Gasteiger partial charge in [0.25, 0.3) is 0 Å². The highest BCUT2D eigenvalue weighted by Crippen LogP contribution is 2.30. The molecule has 27 heavy (non-hydrogen) atoms. The molecule has 1 amide bonds. The molecule has 0 aliphatic rings. The topological polar surface area (TPSA) is 73.0 Å². The van der Waals surface area contributed by atoms with Gasteiger partial charge in [0.05, 0.1) is 17.6 Å². The fourth-order valence-electron chi connectivity index (χ4n) is 2.83. The van der Waals surface area contributed by atoms with Gasteiger partial charge in [-0.3, -0.25) is 9.36 Å². The lowest BCUT2D eigenvalue weighted by Crippen LogP contribution is -2.16. The van der Waals surface area contributed by atoms with Crippen LogP contribution in [0.25, 0.3) is 11.4 Å². The second kappa shape index (κ2) is 8.00. The van der Waals surface area contributed by atoms with Crippen LogP contribution < -0.4 is 5.32 Å². The van der Waals surface area contributed by atoms with Crippen molar-refractivity contribution in [3.63, 3.8) is 0 Å². The van der Waals surface area contributed by atoms with Crippen molar-refractivity contribution in [2.24, 2.45) is 0 Å². The highest BCUT2D eigenvalue weighted by atomic mass is 32.2. The number of nitrogens with one attached hydrogen (secondary N) is 1. The maximum absolute atomic E-state index is 12.4. The van der Waals surface area contributed by atoms with Gasteiger partial charge >= 0.3 is 0 Å². The standard InChI is InChI=1S/C20H24N4O2S/c1-12(2)24-19(16-8-9-26-15(16)5)22-23-20(24)27-11-18(25)21-17-10-13(3)6-7-14(17)4/h6-10,12H,11H2,1-5H3,(H,21,25). The Hall–Kier alpha value is -2.54. The average molecular weight is 385 g/mol. The highest BCUT2D eigenvalue weighted by molar-refractivity contribution is 7.99. The second-order valence-corrected chi connectivity index (χ2v) is 7.76. The van der Waals surface area contributed by atoms with Gasteiger partial charge in [-0.2, -0.15) is 0 Å². The normalized spacial score (nSPS) is 11.2. The van der Waals surface area contributed by atoms with Crippen LogP contribution in [0.4, 0.5) is 5.69 Å². The van der Waals surface area contributed by atoms with E-state index in [-0.39, 0.29) is 17.7 Å². The van der Waals surface area contributed by atoms with Crippen molar-refractivity contribution in [3.8, 4) is 11.4 Å². The molecule has 0 atom stereocenters. The molecular weight excluding hydrogens is 360 g/mol. The Morgan fingerprint density at radius 1 is 1.22 bits per heavy atom. The monoisotopic (exact) mass is 384 g/mol. The smallest absolute Gasteiger partial charge is 0.234 e. The number of carbonyl (C=O) groups excluding carboxylic acids is 1. The van der Waals surface area contributed by atoms with Crippen molar-refractivity contribution in [2.75, 3.05) is 11.1 Å². The number of hydrogen-bond donors (Lipinski definition) is 1. The van der Waals surface area contributed by atoms with Gasteiger partial charge in [-0.15, -0.1) is 10.2 Å². The molecule has 2 heterocycles. The van der Waals surface area contributed by atoms with E-state index in [1.165, 1.54) is 11.8 Å². The molecule has 0 aliphatic carbocycles. The van der Waals surface area contributed by atoms with E-state index in [0.29, 0.717) is 0 Å². The molecule has 7 heteroatoms. The van der Waals surface area contributed by atoms with Gasteiger partial charge in [-0.1, -0.05) is 23.9 Å². The molecule has 0 spiro atoms. The first-order chi connectivity index (χ1) is 12.9. The SMILES string of the molecule is Cc1ccc(C)c(NC(=O)CSc2nnc(-c3ccoc3C)n2C(C)C)c1. The third-order valence-electron chi connectivity index (χ3n) is 4.28. The van der Waals surface area contributed by atoms with Crippen LogP contribution in [0.15, 0.2) is 40.1 Å². The molecule has 1 aromatic carbocycles. The van der Waals surface area contributed by atoms with Crippen LogP contribution in [-0.2, 0) is 4.79 Å². The second-order valence-electron chi connectivity index (χ2n) is 6.82. The number of rotatable bonds is 6. The van der Waals surface area contributed by atoms with E-state index in [4.69, 9.17) is 4.42 Å². The Bertz CT molecular complexity index is 959. The molecule has 0 unspecified atom stereocenters. The van der Waals surface area contributed by atoms with E-state index in [2.05, 4.69) is 29.4 Å². The highest BCUT2D eigenvalue weighted by Gasteiger charge is 2.20. The van der Waals surface area contributed by atoms with Crippen molar-refractivity contribution in [1.82, 2.24) is 14.8 Å². The first-order valence-corrected chi connectivity index (χ1v) is 9.84. The molecular formula is C20H24N4O2S. The predicted molar refractivity (Wildman–Crippen MR) is 108 cm³/mol. The van der Waals surface area contributed by atoms with Crippen LogP contribution in [0.3, 0.4) is 0 Å². The lowest BCUT2D eigenvalue weighted by Gasteiger charge is -2.13. The van der Waals surface area contributed by atoms with Gasteiger partial charge in [-0.25, -0.2) is 0 Å². The van der Waals surface area contributed by atoms with Gasteiger partial charge in [0.15, 0.2) is 11.0 Å². The van der Waals surface area contributed by atoms with Crippen LogP contribution in [0.2, 0.25) is 0 Å². The Morgan fingerprint density at radius 3 is 2.67 bits per heavy atom. The summed E-state index contributed by atoms with van der Waals surface area (Å²) in [5, 5.41) is 12.3. The first kappa shape index (κ1) is 19.2. The zero-order valence-electron chi connectivity index (χ0n) is 16.2. The minimum atomic E-state index is -0.0620. The van der Waals surface area contributed by atoms with E-state index in [1.807, 2.05) is 49.6 Å². The summed E-state index contributed by atoms with van der Waals surface area (Å²) in [6.07, 6.45) is 1.65. The van der Waals surface area contributed by atoms with Crippen LogP contribution in [0, 0.1) is 20.8 Å². The summed E-state index contributed by atoms with van der Waals surface area (Å²) in [5.74, 6) is 1.76. The Labute approximate surface area is 163 Å². The van der Waals surface area contributed by atoms with Gasteiger partial charge < -0.3 is 9.73 Å². The fraction of sp³-hybridized carbons (Fsp3) is 0.350. The maximum atomic E-state index is 12.4. The van der Waals surface area contributed by atoms with Crippen molar-refractivity contribution in [1.29, 1.82) is 0 Å². The summed E-state index contributed by atoms with van der Waals surface area (Å²) in [4.78, 5) is 12.4. The maximum Gasteiger partial charge on any atom is 0.234 e. The van der Waals surface area contributed by atoms with Crippen molar-refractivity contribution < 1.29 is 9.21 Å². The number of nitrogens with zero attached hydrogens (tertiary/aromatic N) is 3. The summed E-state index contributed by atoms with van der Waals surface area (Å²) >= 11 is 1.38. The summed E-state index contributed by atoms with van der Waals surface area (Å²) in [7, 11) is 0. The summed E-state index contributed by atoms with van der Waals surface area (Å²) < 4.78 is 7.43. The minimum absolute atomic E-state index is 0.0620. The zero-order chi connectivity index (χ0) is 19.6. The summed E-state index contributed by atoms with van der Waals surface area (Å²) in [6.45, 7) is 10.0. The number of amides is 1.